The van der Waals surface area contributed by atoms with Gasteiger partial charge in [-0.05, 0) is 29.8 Å². The molecule has 0 radical (unpaired) electrons. The fourth-order valence-electron chi connectivity index (χ4n) is 1.66. The Balaban J connectivity index is 0.000000461. The van der Waals surface area contributed by atoms with Gasteiger partial charge in [-0.2, -0.15) is 0 Å². The molecule has 0 saturated carbocycles. The highest BCUT2D eigenvalue weighted by molar-refractivity contribution is 5.30. The number of halogens is 1. The van der Waals surface area contributed by atoms with Gasteiger partial charge >= 0.3 is 0 Å². The Hall–Kier alpha value is -0.890. The van der Waals surface area contributed by atoms with Crippen LogP contribution in [0.25, 0.3) is 0 Å². The molecule has 1 aromatic carbocycles. The molecule has 0 N–H and O–H groups in total. The van der Waals surface area contributed by atoms with Crippen molar-refractivity contribution in [3.8, 4) is 0 Å². The number of benzene rings is 1. The highest BCUT2D eigenvalue weighted by Gasteiger charge is 2.16. The number of nitrogens with zero attached hydrogens (tertiary/aromatic N) is 1. The lowest BCUT2D eigenvalue weighted by atomic mass is 10.1. The van der Waals surface area contributed by atoms with Crippen LogP contribution in [0, 0.1) is 5.82 Å². The Morgan fingerprint density at radius 3 is 2.50 bits per heavy atom. The van der Waals surface area contributed by atoms with Crippen LogP contribution >= 0.6 is 0 Å². The number of rotatable bonds is 1. The summed E-state index contributed by atoms with van der Waals surface area (Å²) in [6, 6.07) is 5.07. The first-order chi connectivity index (χ1) is 6.79. The summed E-state index contributed by atoms with van der Waals surface area (Å²) in [4.78, 5) is 2.30. The van der Waals surface area contributed by atoms with Crippen LogP contribution in [-0.2, 0) is 13.1 Å². The van der Waals surface area contributed by atoms with Crippen molar-refractivity contribution in [2.45, 2.75) is 33.9 Å². The molecule has 0 bridgehead atoms. The van der Waals surface area contributed by atoms with Gasteiger partial charge in [-0.15, -0.1) is 0 Å². The van der Waals surface area contributed by atoms with Crippen LogP contribution < -0.4 is 0 Å². The zero-order chi connectivity index (χ0) is 10.6. The highest BCUT2D eigenvalue weighted by Crippen LogP contribution is 2.22. The molecular weight excluding hydrogens is 177 g/mol. The molecule has 0 saturated heterocycles. The average Bonchev–Trinajstić information content (AvgIpc) is 2.62. The zero-order valence-corrected chi connectivity index (χ0v) is 9.18. The van der Waals surface area contributed by atoms with Gasteiger partial charge in [0.1, 0.15) is 5.82 Å². The molecule has 0 aliphatic carbocycles. The molecular formula is C12H18FN. The van der Waals surface area contributed by atoms with Crippen molar-refractivity contribution in [1.29, 1.82) is 0 Å². The number of hydrogen-bond donors (Lipinski definition) is 0. The number of hydrogen-bond acceptors (Lipinski definition) is 1. The normalized spacial score (nSPS) is 14.6. The molecule has 1 heterocycles. The van der Waals surface area contributed by atoms with E-state index in [0.29, 0.717) is 0 Å². The Morgan fingerprint density at radius 2 is 1.86 bits per heavy atom. The lowest BCUT2D eigenvalue weighted by Gasteiger charge is -2.09. The summed E-state index contributed by atoms with van der Waals surface area (Å²) < 4.78 is 12.8. The Bertz CT molecular complexity index is 296. The van der Waals surface area contributed by atoms with Crippen molar-refractivity contribution in [2.24, 2.45) is 0 Å². The van der Waals surface area contributed by atoms with Crippen molar-refractivity contribution < 1.29 is 4.39 Å². The van der Waals surface area contributed by atoms with Crippen LogP contribution in [-0.4, -0.2) is 11.4 Å². The van der Waals surface area contributed by atoms with E-state index in [0.717, 1.165) is 25.2 Å². The molecule has 0 fully saturated rings. The van der Waals surface area contributed by atoms with Gasteiger partial charge in [0.15, 0.2) is 0 Å². The SMILES string of the molecule is CC.CCN1Cc2ccc(F)cc2C1. The van der Waals surface area contributed by atoms with Gasteiger partial charge in [0.2, 0.25) is 0 Å². The van der Waals surface area contributed by atoms with E-state index < -0.39 is 0 Å². The molecule has 1 aliphatic rings. The third-order valence-electron chi connectivity index (χ3n) is 2.40. The van der Waals surface area contributed by atoms with Gasteiger partial charge in [0, 0.05) is 13.1 Å². The Labute approximate surface area is 85.5 Å². The molecule has 0 spiro atoms. The summed E-state index contributed by atoms with van der Waals surface area (Å²) in [5.41, 5.74) is 2.43. The summed E-state index contributed by atoms with van der Waals surface area (Å²) in [6.45, 7) is 9.05. The largest absolute Gasteiger partial charge is 0.295 e. The summed E-state index contributed by atoms with van der Waals surface area (Å²) >= 11 is 0. The van der Waals surface area contributed by atoms with Gasteiger partial charge < -0.3 is 0 Å². The van der Waals surface area contributed by atoms with Crippen LogP contribution in [0.4, 0.5) is 4.39 Å². The van der Waals surface area contributed by atoms with Gasteiger partial charge in [-0.1, -0.05) is 26.8 Å². The van der Waals surface area contributed by atoms with E-state index in [1.807, 2.05) is 19.9 Å². The van der Waals surface area contributed by atoms with E-state index in [1.165, 1.54) is 11.6 Å². The van der Waals surface area contributed by atoms with Crippen molar-refractivity contribution >= 4 is 0 Å². The van der Waals surface area contributed by atoms with E-state index in [1.54, 1.807) is 6.07 Å². The topological polar surface area (TPSA) is 3.24 Å². The molecule has 1 nitrogen and oxygen atoms in total. The van der Waals surface area contributed by atoms with Crippen LogP contribution in [0.1, 0.15) is 31.9 Å². The summed E-state index contributed by atoms with van der Waals surface area (Å²) in [7, 11) is 0. The third kappa shape index (κ3) is 2.32. The van der Waals surface area contributed by atoms with Crippen molar-refractivity contribution in [2.75, 3.05) is 6.54 Å². The summed E-state index contributed by atoms with van der Waals surface area (Å²) in [5, 5.41) is 0. The van der Waals surface area contributed by atoms with Gasteiger partial charge in [-0.25, -0.2) is 4.39 Å². The van der Waals surface area contributed by atoms with Gasteiger partial charge in [0.25, 0.3) is 0 Å². The minimum atomic E-state index is -0.119. The van der Waals surface area contributed by atoms with E-state index >= 15 is 0 Å². The quantitative estimate of drug-likeness (QED) is 0.665. The highest BCUT2D eigenvalue weighted by atomic mass is 19.1. The first-order valence-corrected chi connectivity index (χ1v) is 5.29. The predicted octanol–water partition coefficient (Wildman–Crippen LogP) is 3.19. The first-order valence-electron chi connectivity index (χ1n) is 5.29. The zero-order valence-electron chi connectivity index (χ0n) is 9.18. The van der Waals surface area contributed by atoms with Crippen molar-refractivity contribution in [3.63, 3.8) is 0 Å². The third-order valence-corrected chi connectivity index (χ3v) is 2.40. The molecule has 14 heavy (non-hydrogen) atoms. The molecule has 2 heteroatoms. The van der Waals surface area contributed by atoms with Crippen molar-refractivity contribution in [3.05, 3.63) is 35.1 Å². The maximum atomic E-state index is 12.8. The Morgan fingerprint density at radius 1 is 1.21 bits per heavy atom. The van der Waals surface area contributed by atoms with E-state index in [4.69, 9.17) is 0 Å². The second-order valence-corrected chi connectivity index (χ2v) is 3.22. The monoisotopic (exact) mass is 195 g/mol. The lowest BCUT2D eigenvalue weighted by Crippen LogP contribution is -2.14. The summed E-state index contributed by atoms with van der Waals surface area (Å²) in [6.07, 6.45) is 0. The molecule has 0 atom stereocenters. The second-order valence-electron chi connectivity index (χ2n) is 3.22. The fourth-order valence-corrected chi connectivity index (χ4v) is 1.66. The van der Waals surface area contributed by atoms with E-state index in [2.05, 4.69) is 11.8 Å². The van der Waals surface area contributed by atoms with Gasteiger partial charge in [0.05, 0.1) is 0 Å². The predicted molar refractivity (Wildman–Crippen MR) is 57.5 cm³/mol. The minimum absolute atomic E-state index is 0.119. The minimum Gasteiger partial charge on any atom is -0.295 e. The molecule has 0 unspecified atom stereocenters. The number of fused-ring (bicyclic) bond motifs is 1. The van der Waals surface area contributed by atoms with Crippen molar-refractivity contribution in [1.82, 2.24) is 4.90 Å². The van der Waals surface area contributed by atoms with Crippen LogP contribution in [0.5, 0.6) is 0 Å². The van der Waals surface area contributed by atoms with Crippen LogP contribution in [0.3, 0.4) is 0 Å². The maximum Gasteiger partial charge on any atom is 0.123 e. The second kappa shape index (κ2) is 5.11. The average molecular weight is 195 g/mol. The maximum absolute atomic E-state index is 12.8. The lowest BCUT2D eigenvalue weighted by molar-refractivity contribution is 0.301. The summed E-state index contributed by atoms with van der Waals surface area (Å²) in [5.74, 6) is -0.119. The van der Waals surface area contributed by atoms with E-state index in [-0.39, 0.29) is 5.82 Å². The molecule has 1 aliphatic heterocycles. The van der Waals surface area contributed by atoms with Gasteiger partial charge in [-0.3, -0.25) is 4.90 Å². The molecule has 2 rings (SSSR count). The van der Waals surface area contributed by atoms with E-state index in [9.17, 15) is 4.39 Å². The Kier molecular flexibility index (Phi) is 4.08. The first kappa shape index (κ1) is 11.2. The smallest absolute Gasteiger partial charge is 0.123 e. The molecule has 0 amide bonds. The van der Waals surface area contributed by atoms with Crippen LogP contribution in [0.15, 0.2) is 18.2 Å². The molecule has 78 valence electrons. The molecule has 1 aromatic rings. The standard InChI is InChI=1S/C10H12FN.C2H6/c1-2-12-6-8-3-4-10(11)5-9(8)7-12;1-2/h3-5H,2,6-7H2,1H3;1-2H3. The fraction of sp³-hybridized carbons (Fsp3) is 0.500. The molecule has 0 aromatic heterocycles. The van der Waals surface area contributed by atoms with Crippen LogP contribution in [0.2, 0.25) is 0 Å².